The highest BCUT2D eigenvalue weighted by Gasteiger charge is 2.37. The van der Waals surface area contributed by atoms with E-state index in [0.717, 1.165) is 31.4 Å². The van der Waals surface area contributed by atoms with E-state index in [1.54, 1.807) is 7.11 Å². The zero-order valence-electron chi connectivity index (χ0n) is 10.7. The van der Waals surface area contributed by atoms with Crippen molar-refractivity contribution < 1.29 is 17.9 Å². The third kappa shape index (κ3) is 2.94. The van der Waals surface area contributed by atoms with Gasteiger partial charge in [0.25, 0.3) is 0 Å². The maximum Gasteiger partial charge on any atom is 0.416 e. The molecule has 3 N–H and O–H groups in total. The lowest BCUT2D eigenvalue weighted by Crippen LogP contribution is -2.45. The van der Waals surface area contributed by atoms with E-state index in [0.29, 0.717) is 12.2 Å². The van der Waals surface area contributed by atoms with E-state index in [1.165, 1.54) is 6.07 Å². The third-order valence-corrected chi connectivity index (χ3v) is 3.68. The maximum absolute atomic E-state index is 12.5. The van der Waals surface area contributed by atoms with Gasteiger partial charge in [-0.1, -0.05) is 0 Å². The number of nitrogens with one attached hydrogen (secondary N) is 1. The maximum atomic E-state index is 12.5. The molecule has 0 atom stereocenters. The monoisotopic (exact) mass is 274 g/mol. The minimum Gasteiger partial charge on any atom is -0.397 e. The summed E-state index contributed by atoms with van der Waals surface area (Å²) >= 11 is 0. The first-order valence-corrected chi connectivity index (χ1v) is 6.12. The van der Waals surface area contributed by atoms with Crippen LogP contribution < -0.4 is 11.1 Å². The molecule has 2 rings (SSSR count). The molecule has 1 saturated carbocycles. The van der Waals surface area contributed by atoms with Crippen LogP contribution in [0.2, 0.25) is 0 Å². The van der Waals surface area contributed by atoms with Gasteiger partial charge < -0.3 is 15.8 Å². The van der Waals surface area contributed by atoms with Crippen molar-refractivity contribution in [2.24, 2.45) is 0 Å². The van der Waals surface area contributed by atoms with E-state index in [9.17, 15) is 13.2 Å². The molecule has 1 aromatic rings. The van der Waals surface area contributed by atoms with E-state index >= 15 is 0 Å². The van der Waals surface area contributed by atoms with Gasteiger partial charge in [-0.3, -0.25) is 0 Å². The number of ether oxygens (including phenoxy) is 1. The van der Waals surface area contributed by atoms with Crippen LogP contribution in [0.25, 0.3) is 0 Å². The molecule has 1 aromatic carbocycles. The van der Waals surface area contributed by atoms with Crippen molar-refractivity contribution in [2.45, 2.75) is 31.0 Å². The molecule has 0 aromatic heterocycles. The van der Waals surface area contributed by atoms with Gasteiger partial charge in [-0.25, -0.2) is 0 Å². The van der Waals surface area contributed by atoms with Crippen molar-refractivity contribution in [1.82, 2.24) is 0 Å². The van der Waals surface area contributed by atoms with Gasteiger partial charge in [0, 0.05) is 13.7 Å². The number of hydrogen-bond donors (Lipinski definition) is 2. The molecule has 1 fully saturated rings. The molecule has 1 aliphatic carbocycles. The van der Waals surface area contributed by atoms with Gasteiger partial charge in [-0.2, -0.15) is 13.2 Å². The van der Waals surface area contributed by atoms with Crippen LogP contribution in [0.1, 0.15) is 24.8 Å². The molecule has 0 unspecified atom stereocenters. The highest BCUT2D eigenvalue weighted by atomic mass is 19.4. The summed E-state index contributed by atoms with van der Waals surface area (Å²) in [5.74, 6) is 0. The van der Waals surface area contributed by atoms with Crippen molar-refractivity contribution in [3.8, 4) is 0 Å². The summed E-state index contributed by atoms with van der Waals surface area (Å²) in [6, 6.07) is 3.34. The molecular formula is C13H17F3N2O. The summed E-state index contributed by atoms with van der Waals surface area (Å²) < 4.78 is 42.9. The van der Waals surface area contributed by atoms with Crippen LogP contribution in [0, 0.1) is 0 Å². The molecule has 0 heterocycles. The standard InChI is InChI=1S/C13H17F3N2O/c1-19-12(5-2-6-12)8-18-11-4-3-9(7-10(11)17)13(14,15)16/h3-4,7,18H,2,5-6,8,17H2,1H3. The molecule has 0 spiro atoms. The topological polar surface area (TPSA) is 47.3 Å². The van der Waals surface area contributed by atoms with E-state index < -0.39 is 11.7 Å². The second kappa shape index (κ2) is 4.92. The number of methoxy groups -OCH3 is 1. The van der Waals surface area contributed by atoms with Gasteiger partial charge in [0.2, 0.25) is 0 Å². The highest BCUT2D eigenvalue weighted by molar-refractivity contribution is 5.67. The number of alkyl halides is 3. The van der Waals surface area contributed by atoms with Crippen LogP contribution in [0.4, 0.5) is 24.5 Å². The number of nitrogen functional groups attached to an aromatic ring is 1. The van der Waals surface area contributed by atoms with Gasteiger partial charge in [-0.05, 0) is 37.5 Å². The molecule has 0 amide bonds. The van der Waals surface area contributed by atoms with Crippen molar-refractivity contribution >= 4 is 11.4 Å². The smallest absolute Gasteiger partial charge is 0.397 e. The predicted octanol–water partition coefficient (Wildman–Crippen LogP) is 3.27. The lowest BCUT2D eigenvalue weighted by Gasteiger charge is -2.40. The van der Waals surface area contributed by atoms with Crippen molar-refractivity contribution in [3.05, 3.63) is 23.8 Å². The molecule has 3 nitrogen and oxygen atoms in total. The molecule has 106 valence electrons. The Balaban J connectivity index is 2.05. The summed E-state index contributed by atoms with van der Waals surface area (Å²) in [4.78, 5) is 0. The van der Waals surface area contributed by atoms with Crippen LogP contribution in [-0.4, -0.2) is 19.3 Å². The first kappa shape index (κ1) is 14.0. The van der Waals surface area contributed by atoms with Gasteiger partial charge in [-0.15, -0.1) is 0 Å². The van der Waals surface area contributed by atoms with Crippen LogP contribution in [0.3, 0.4) is 0 Å². The van der Waals surface area contributed by atoms with Gasteiger partial charge in [0.05, 0.1) is 22.5 Å². The number of nitrogens with two attached hydrogens (primary N) is 1. The molecule has 0 aliphatic heterocycles. The Morgan fingerprint density at radius 2 is 2.05 bits per heavy atom. The van der Waals surface area contributed by atoms with Crippen LogP contribution in [-0.2, 0) is 10.9 Å². The fourth-order valence-electron chi connectivity index (χ4n) is 2.18. The van der Waals surface area contributed by atoms with Crippen molar-refractivity contribution in [1.29, 1.82) is 0 Å². The minimum atomic E-state index is -4.37. The van der Waals surface area contributed by atoms with E-state index in [4.69, 9.17) is 10.5 Å². The van der Waals surface area contributed by atoms with Crippen LogP contribution in [0.15, 0.2) is 18.2 Å². The number of hydrogen-bond acceptors (Lipinski definition) is 3. The average Bonchev–Trinajstić information content (AvgIpc) is 2.28. The van der Waals surface area contributed by atoms with Gasteiger partial charge in [0.1, 0.15) is 0 Å². The van der Waals surface area contributed by atoms with Crippen LogP contribution in [0.5, 0.6) is 0 Å². The molecular weight excluding hydrogens is 257 g/mol. The van der Waals surface area contributed by atoms with Crippen LogP contribution >= 0.6 is 0 Å². The van der Waals surface area contributed by atoms with Gasteiger partial charge in [0.15, 0.2) is 0 Å². The summed E-state index contributed by atoms with van der Waals surface area (Å²) in [5, 5.41) is 3.07. The lowest BCUT2D eigenvalue weighted by molar-refractivity contribution is -0.137. The highest BCUT2D eigenvalue weighted by Crippen LogP contribution is 2.36. The SMILES string of the molecule is COC1(CNc2ccc(C(F)(F)F)cc2N)CCC1. The average molecular weight is 274 g/mol. The largest absolute Gasteiger partial charge is 0.416 e. The Morgan fingerprint density at radius 3 is 2.47 bits per heavy atom. The Kier molecular flexibility index (Phi) is 3.62. The minimum absolute atomic E-state index is 0.0976. The number of halogens is 3. The first-order chi connectivity index (χ1) is 8.86. The van der Waals surface area contributed by atoms with Crippen molar-refractivity contribution in [2.75, 3.05) is 24.7 Å². The Bertz CT molecular complexity index is 450. The second-order valence-electron chi connectivity index (χ2n) is 4.89. The summed E-state index contributed by atoms with van der Waals surface area (Å²) in [6.07, 6.45) is -1.35. The number of rotatable bonds is 4. The Labute approximate surface area is 109 Å². The molecule has 6 heteroatoms. The molecule has 19 heavy (non-hydrogen) atoms. The lowest BCUT2D eigenvalue weighted by atomic mass is 9.80. The third-order valence-electron chi connectivity index (χ3n) is 3.68. The van der Waals surface area contributed by atoms with E-state index in [1.807, 2.05) is 0 Å². The summed E-state index contributed by atoms with van der Waals surface area (Å²) in [6.45, 7) is 0.555. The zero-order valence-corrected chi connectivity index (χ0v) is 10.7. The Hall–Kier alpha value is -1.43. The fraction of sp³-hybridized carbons (Fsp3) is 0.538. The summed E-state index contributed by atoms with van der Waals surface area (Å²) in [7, 11) is 1.65. The van der Waals surface area contributed by atoms with E-state index in [2.05, 4.69) is 5.32 Å². The first-order valence-electron chi connectivity index (χ1n) is 6.12. The van der Waals surface area contributed by atoms with Gasteiger partial charge >= 0.3 is 6.18 Å². The van der Waals surface area contributed by atoms with E-state index in [-0.39, 0.29) is 11.3 Å². The molecule has 0 bridgehead atoms. The number of anilines is 2. The second-order valence-corrected chi connectivity index (χ2v) is 4.89. The molecule has 1 aliphatic rings. The quantitative estimate of drug-likeness (QED) is 0.828. The van der Waals surface area contributed by atoms with Crippen molar-refractivity contribution in [3.63, 3.8) is 0 Å². The normalized spacial score (nSPS) is 17.9. The Morgan fingerprint density at radius 1 is 1.37 bits per heavy atom. The summed E-state index contributed by atoms with van der Waals surface area (Å²) in [5.41, 5.74) is 5.32. The predicted molar refractivity (Wildman–Crippen MR) is 67.9 cm³/mol. The zero-order chi connectivity index (χ0) is 14.1. The molecule has 0 radical (unpaired) electrons. The molecule has 0 saturated heterocycles. The fourth-order valence-corrected chi connectivity index (χ4v) is 2.18. The number of benzene rings is 1.